The molecule has 0 aliphatic carbocycles. The molecule has 0 saturated carbocycles. The molecule has 14 heavy (non-hydrogen) atoms. The molecule has 0 spiro atoms. The second-order valence-corrected chi connectivity index (χ2v) is 3.72. The summed E-state index contributed by atoms with van der Waals surface area (Å²) in [6.45, 7) is 1.72. The van der Waals surface area contributed by atoms with Gasteiger partial charge in [-0.25, -0.2) is 0 Å². The van der Waals surface area contributed by atoms with Crippen LogP contribution in [0.3, 0.4) is 0 Å². The van der Waals surface area contributed by atoms with Gasteiger partial charge in [-0.2, -0.15) is 0 Å². The largest absolute Gasteiger partial charge is 0.396 e. The monoisotopic (exact) mass is 206 g/mol. The van der Waals surface area contributed by atoms with Gasteiger partial charge in [0.2, 0.25) is 0 Å². The van der Waals surface area contributed by atoms with E-state index >= 15 is 0 Å². The average Bonchev–Trinajstić information content (AvgIpc) is 2.30. The van der Waals surface area contributed by atoms with Crippen LogP contribution in [0.25, 0.3) is 0 Å². The minimum Gasteiger partial charge on any atom is -0.396 e. The maximum atomic E-state index is 9.71. The number of hydrogen-bond donors (Lipinski definition) is 3. The van der Waals surface area contributed by atoms with Crippen LogP contribution >= 0.6 is 0 Å². The highest BCUT2D eigenvalue weighted by Gasteiger charge is 2.38. The molecule has 0 aromatic heterocycles. The highest BCUT2D eigenvalue weighted by molar-refractivity contribution is 4.83. The van der Waals surface area contributed by atoms with Crippen molar-refractivity contribution in [3.63, 3.8) is 0 Å². The van der Waals surface area contributed by atoms with E-state index in [-0.39, 0.29) is 19.1 Å². The summed E-state index contributed by atoms with van der Waals surface area (Å²) in [6.07, 6.45) is -2.43. The van der Waals surface area contributed by atoms with E-state index in [9.17, 15) is 10.2 Å². The first-order valence-electron chi connectivity index (χ1n) is 4.73. The minimum absolute atomic E-state index is 0.192. The fraction of sp³-hybridized carbons (Fsp3) is 1.00. The maximum Gasteiger partial charge on any atom is 0.162 e. The Balaban J connectivity index is 2.71. The lowest BCUT2D eigenvalue weighted by Gasteiger charge is -2.25. The van der Waals surface area contributed by atoms with Crippen molar-refractivity contribution in [2.24, 2.45) is 11.8 Å². The van der Waals surface area contributed by atoms with Crippen molar-refractivity contribution in [3.05, 3.63) is 0 Å². The second kappa shape index (κ2) is 5.04. The summed E-state index contributed by atoms with van der Waals surface area (Å²) >= 11 is 0. The normalized spacial score (nSPS) is 44.8. The van der Waals surface area contributed by atoms with Gasteiger partial charge in [-0.1, -0.05) is 6.92 Å². The molecule has 1 fully saturated rings. The van der Waals surface area contributed by atoms with Crippen LogP contribution in [0, 0.1) is 11.8 Å². The van der Waals surface area contributed by atoms with Crippen molar-refractivity contribution in [1.82, 2.24) is 0 Å². The summed E-state index contributed by atoms with van der Waals surface area (Å²) in [6, 6.07) is 0. The van der Waals surface area contributed by atoms with Crippen LogP contribution < -0.4 is 0 Å². The summed E-state index contributed by atoms with van der Waals surface area (Å²) in [5.41, 5.74) is 0. The third kappa shape index (κ3) is 2.24. The predicted octanol–water partition coefficient (Wildman–Crippen LogP) is -1.04. The standard InChI is InChI=1S/C9H18O5/c1-5-7(11)8(12)6(3-10)4-14-9(5)13-2/h5-12H,3-4H2,1-2H3. The number of aliphatic hydroxyl groups excluding tert-OH is 3. The van der Waals surface area contributed by atoms with Gasteiger partial charge in [0.25, 0.3) is 0 Å². The Kier molecular flexibility index (Phi) is 4.28. The van der Waals surface area contributed by atoms with E-state index in [1.807, 2.05) is 0 Å². The second-order valence-electron chi connectivity index (χ2n) is 3.72. The fourth-order valence-electron chi connectivity index (χ4n) is 1.66. The Morgan fingerprint density at radius 1 is 1.36 bits per heavy atom. The van der Waals surface area contributed by atoms with Gasteiger partial charge in [0.15, 0.2) is 6.29 Å². The van der Waals surface area contributed by atoms with Crippen LogP contribution in [-0.2, 0) is 9.47 Å². The molecule has 84 valence electrons. The SMILES string of the molecule is COC1OCC(CO)C(O)C(O)C1C. The van der Waals surface area contributed by atoms with Gasteiger partial charge >= 0.3 is 0 Å². The number of rotatable bonds is 2. The molecule has 5 unspecified atom stereocenters. The van der Waals surface area contributed by atoms with Crippen molar-refractivity contribution in [2.45, 2.75) is 25.4 Å². The van der Waals surface area contributed by atoms with E-state index < -0.39 is 24.4 Å². The Labute approximate surface area is 83.3 Å². The maximum absolute atomic E-state index is 9.71. The average molecular weight is 206 g/mol. The molecular formula is C9H18O5. The van der Waals surface area contributed by atoms with Gasteiger partial charge in [-0.05, 0) is 0 Å². The lowest BCUT2D eigenvalue weighted by molar-refractivity contribution is -0.164. The van der Waals surface area contributed by atoms with E-state index in [0.29, 0.717) is 0 Å². The third-order valence-electron chi connectivity index (χ3n) is 2.74. The molecule has 1 heterocycles. The number of ether oxygens (including phenoxy) is 2. The quantitative estimate of drug-likeness (QED) is 0.537. The molecule has 0 aromatic rings. The molecule has 1 aliphatic rings. The smallest absolute Gasteiger partial charge is 0.162 e. The summed E-state index contributed by atoms with van der Waals surface area (Å²) in [5, 5.41) is 28.3. The summed E-state index contributed by atoms with van der Waals surface area (Å²) in [7, 11) is 1.49. The lowest BCUT2D eigenvalue weighted by Crippen LogP contribution is -2.40. The zero-order chi connectivity index (χ0) is 10.7. The molecule has 5 heteroatoms. The first-order chi connectivity index (χ1) is 6.61. The minimum atomic E-state index is -0.963. The van der Waals surface area contributed by atoms with E-state index in [1.165, 1.54) is 7.11 Å². The third-order valence-corrected chi connectivity index (χ3v) is 2.74. The lowest BCUT2D eigenvalue weighted by atomic mass is 9.93. The molecule has 0 radical (unpaired) electrons. The van der Waals surface area contributed by atoms with Gasteiger partial charge in [-0.3, -0.25) is 0 Å². The molecule has 0 aromatic carbocycles. The van der Waals surface area contributed by atoms with Crippen LogP contribution in [0.2, 0.25) is 0 Å². The number of hydrogen-bond acceptors (Lipinski definition) is 5. The van der Waals surface area contributed by atoms with Crippen LogP contribution in [0.4, 0.5) is 0 Å². The van der Waals surface area contributed by atoms with Gasteiger partial charge in [-0.15, -0.1) is 0 Å². The van der Waals surface area contributed by atoms with Crippen molar-refractivity contribution < 1.29 is 24.8 Å². The Morgan fingerprint density at radius 3 is 2.50 bits per heavy atom. The molecule has 5 atom stereocenters. The number of aliphatic hydroxyl groups is 3. The van der Waals surface area contributed by atoms with Crippen molar-refractivity contribution in [3.8, 4) is 0 Å². The van der Waals surface area contributed by atoms with Crippen LogP contribution in [0.15, 0.2) is 0 Å². The van der Waals surface area contributed by atoms with Crippen LogP contribution in [0.1, 0.15) is 6.92 Å². The molecule has 3 N–H and O–H groups in total. The summed E-state index contributed by atoms with van der Waals surface area (Å²) in [4.78, 5) is 0. The van der Waals surface area contributed by atoms with Crippen LogP contribution in [-0.4, -0.2) is 54.1 Å². The van der Waals surface area contributed by atoms with Crippen molar-refractivity contribution in [2.75, 3.05) is 20.3 Å². The van der Waals surface area contributed by atoms with Gasteiger partial charge in [0.1, 0.15) is 0 Å². The van der Waals surface area contributed by atoms with E-state index in [0.717, 1.165) is 0 Å². The van der Waals surface area contributed by atoms with E-state index in [1.54, 1.807) is 6.92 Å². The first-order valence-corrected chi connectivity index (χ1v) is 4.73. The predicted molar refractivity (Wildman–Crippen MR) is 48.5 cm³/mol. The zero-order valence-corrected chi connectivity index (χ0v) is 8.46. The summed E-state index contributed by atoms with van der Waals surface area (Å²) in [5.74, 6) is -0.765. The molecule has 0 amide bonds. The Morgan fingerprint density at radius 2 is 2.00 bits per heavy atom. The highest BCUT2D eigenvalue weighted by Crippen LogP contribution is 2.24. The highest BCUT2D eigenvalue weighted by atomic mass is 16.7. The molecule has 1 rings (SSSR count). The first kappa shape index (κ1) is 11.9. The van der Waals surface area contributed by atoms with Gasteiger partial charge in [0.05, 0.1) is 25.4 Å². The topological polar surface area (TPSA) is 79.2 Å². The van der Waals surface area contributed by atoms with Crippen LogP contribution in [0.5, 0.6) is 0 Å². The zero-order valence-electron chi connectivity index (χ0n) is 8.46. The van der Waals surface area contributed by atoms with Gasteiger partial charge < -0.3 is 24.8 Å². The summed E-state index contributed by atoms with van der Waals surface area (Å²) < 4.78 is 10.3. The number of methoxy groups -OCH3 is 1. The van der Waals surface area contributed by atoms with Crippen molar-refractivity contribution in [1.29, 1.82) is 0 Å². The molecule has 1 saturated heterocycles. The van der Waals surface area contributed by atoms with Gasteiger partial charge in [0, 0.05) is 18.9 Å². The molecule has 0 bridgehead atoms. The fourth-order valence-corrected chi connectivity index (χ4v) is 1.66. The Hall–Kier alpha value is -0.200. The Bertz CT molecular complexity index is 157. The molecular weight excluding hydrogens is 188 g/mol. The van der Waals surface area contributed by atoms with E-state index in [4.69, 9.17) is 14.6 Å². The molecule has 1 aliphatic heterocycles. The van der Waals surface area contributed by atoms with E-state index in [2.05, 4.69) is 0 Å². The van der Waals surface area contributed by atoms with Crippen molar-refractivity contribution >= 4 is 0 Å². The molecule has 5 nitrogen and oxygen atoms in total.